The van der Waals surface area contributed by atoms with Gasteiger partial charge >= 0.3 is 0 Å². The van der Waals surface area contributed by atoms with E-state index in [9.17, 15) is 4.79 Å². The van der Waals surface area contributed by atoms with Crippen molar-refractivity contribution in [3.63, 3.8) is 0 Å². The number of H-pyrrole nitrogens is 1. The topological polar surface area (TPSA) is 121 Å². The van der Waals surface area contributed by atoms with E-state index in [0.717, 1.165) is 54.4 Å². The Kier molecular flexibility index (Phi) is 6.47. The van der Waals surface area contributed by atoms with Gasteiger partial charge < -0.3 is 20.3 Å². The number of ether oxygens (including phenoxy) is 1. The zero-order valence-corrected chi connectivity index (χ0v) is 21.2. The second-order valence-electron chi connectivity index (χ2n) is 9.88. The number of rotatable bonds is 6. The van der Waals surface area contributed by atoms with Crippen molar-refractivity contribution in [3.05, 3.63) is 84.2 Å². The van der Waals surface area contributed by atoms with Crippen molar-refractivity contribution in [3.8, 4) is 17.1 Å². The molecule has 1 aromatic carbocycles. The van der Waals surface area contributed by atoms with Gasteiger partial charge in [-0.2, -0.15) is 5.10 Å². The van der Waals surface area contributed by atoms with Gasteiger partial charge in [0.2, 0.25) is 0 Å². The summed E-state index contributed by atoms with van der Waals surface area (Å²) in [5.74, 6) is 2.01. The summed E-state index contributed by atoms with van der Waals surface area (Å²) in [6.07, 6.45) is 7.56. The van der Waals surface area contributed by atoms with E-state index in [2.05, 4.69) is 42.7 Å². The van der Waals surface area contributed by atoms with E-state index < -0.39 is 5.54 Å². The van der Waals surface area contributed by atoms with E-state index >= 15 is 0 Å². The van der Waals surface area contributed by atoms with Gasteiger partial charge in [-0.3, -0.25) is 19.9 Å². The summed E-state index contributed by atoms with van der Waals surface area (Å²) in [5, 5.41) is 14.6. The minimum Gasteiger partial charge on any atom is -0.491 e. The molecule has 194 valence electrons. The molecule has 0 spiro atoms. The largest absolute Gasteiger partial charge is 0.491 e. The van der Waals surface area contributed by atoms with Gasteiger partial charge in [0.05, 0.1) is 18.2 Å². The highest BCUT2D eigenvalue weighted by Crippen LogP contribution is 2.36. The zero-order chi connectivity index (χ0) is 26.0. The number of carbonyl (C=O) groups excluding carboxylic acids is 1. The van der Waals surface area contributed by atoms with Crippen LogP contribution in [0.1, 0.15) is 47.2 Å². The molecule has 38 heavy (non-hydrogen) atoms. The van der Waals surface area contributed by atoms with Gasteiger partial charge in [0, 0.05) is 54.9 Å². The van der Waals surface area contributed by atoms with Crippen molar-refractivity contribution < 1.29 is 9.53 Å². The Morgan fingerprint density at radius 1 is 1.11 bits per heavy atom. The van der Waals surface area contributed by atoms with Gasteiger partial charge in [-0.05, 0) is 62.4 Å². The first-order valence-electron chi connectivity index (χ1n) is 12.9. The van der Waals surface area contributed by atoms with Crippen molar-refractivity contribution in [1.29, 1.82) is 0 Å². The molecule has 2 aliphatic rings. The van der Waals surface area contributed by atoms with Crippen molar-refractivity contribution in [2.24, 2.45) is 0 Å². The van der Waals surface area contributed by atoms with E-state index in [0.29, 0.717) is 24.4 Å². The van der Waals surface area contributed by atoms with Crippen molar-refractivity contribution in [1.82, 2.24) is 35.4 Å². The number of fused-ring (bicyclic) bond motifs is 1. The van der Waals surface area contributed by atoms with Gasteiger partial charge in [-0.15, -0.1) is 0 Å². The average molecular weight is 511 g/mol. The lowest BCUT2D eigenvalue weighted by molar-refractivity contribution is 0.0923. The van der Waals surface area contributed by atoms with E-state index in [1.54, 1.807) is 18.6 Å². The maximum atomic E-state index is 13.3. The molecule has 10 nitrogen and oxygen atoms in total. The molecule has 0 saturated carbocycles. The second kappa shape index (κ2) is 10.2. The number of benzene rings is 1. The molecule has 5 heterocycles. The molecule has 4 aromatic rings. The fourth-order valence-electron chi connectivity index (χ4n) is 5.13. The third-order valence-electron chi connectivity index (χ3n) is 7.33. The smallest absolute Gasteiger partial charge is 0.251 e. The monoisotopic (exact) mass is 510 g/mol. The minimum absolute atomic E-state index is 0.144. The van der Waals surface area contributed by atoms with Crippen molar-refractivity contribution in [2.45, 2.75) is 30.8 Å². The quantitative estimate of drug-likeness (QED) is 0.360. The molecular weight excluding hydrogens is 480 g/mol. The lowest BCUT2D eigenvalue weighted by Crippen LogP contribution is -2.46. The molecule has 0 radical (unpaired) electrons. The maximum absolute atomic E-state index is 13.3. The Bertz CT molecular complexity index is 1420. The Hall–Kier alpha value is -4.31. The van der Waals surface area contributed by atoms with Crippen LogP contribution < -0.4 is 15.4 Å². The Labute approximate surface area is 220 Å². The SMILES string of the molecule is CN1CCC(Nc2cccc(C(=O)N[C@H]3CCOc4cccnc43)c2)(c2nc(-c3ccncc3)n[nH]2)CC1. The van der Waals surface area contributed by atoms with Crippen LogP contribution in [0.4, 0.5) is 5.69 Å². The number of likely N-dealkylation sites (tertiary alicyclic amines) is 1. The van der Waals surface area contributed by atoms with Crippen LogP contribution in [0.5, 0.6) is 5.75 Å². The Balaban J connectivity index is 1.24. The fourth-order valence-corrected chi connectivity index (χ4v) is 5.13. The highest BCUT2D eigenvalue weighted by atomic mass is 16.5. The van der Waals surface area contributed by atoms with Crippen LogP contribution in [0.25, 0.3) is 11.4 Å². The Morgan fingerprint density at radius 2 is 1.95 bits per heavy atom. The number of nitrogens with zero attached hydrogens (tertiary/aromatic N) is 5. The zero-order valence-electron chi connectivity index (χ0n) is 21.2. The highest BCUT2D eigenvalue weighted by Gasteiger charge is 2.39. The minimum atomic E-state index is -0.441. The summed E-state index contributed by atoms with van der Waals surface area (Å²) in [4.78, 5) is 29.0. The number of piperidine rings is 1. The number of amides is 1. The summed E-state index contributed by atoms with van der Waals surface area (Å²) < 4.78 is 5.69. The number of pyridine rings is 2. The van der Waals surface area contributed by atoms with E-state index in [-0.39, 0.29) is 11.9 Å². The number of hydrogen-bond acceptors (Lipinski definition) is 8. The summed E-state index contributed by atoms with van der Waals surface area (Å²) in [5.41, 5.74) is 2.67. The molecule has 0 unspecified atom stereocenters. The normalized spacial score (nSPS) is 18.7. The summed E-state index contributed by atoms with van der Waals surface area (Å²) in [6, 6.07) is 14.9. The molecule has 10 heteroatoms. The van der Waals surface area contributed by atoms with Crippen LogP contribution >= 0.6 is 0 Å². The number of aromatic amines is 1. The average Bonchev–Trinajstić information content (AvgIpc) is 3.47. The third-order valence-corrected chi connectivity index (χ3v) is 7.33. The van der Waals surface area contributed by atoms with Crippen LogP contribution in [0, 0.1) is 0 Å². The molecule has 3 aromatic heterocycles. The van der Waals surface area contributed by atoms with Crippen LogP contribution in [-0.2, 0) is 5.54 Å². The van der Waals surface area contributed by atoms with E-state index in [4.69, 9.17) is 9.72 Å². The van der Waals surface area contributed by atoms with Crippen LogP contribution in [-0.4, -0.2) is 62.7 Å². The summed E-state index contributed by atoms with van der Waals surface area (Å²) >= 11 is 0. The van der Waals surface area contributed by atoms with E-state index in [1.165, 1.54) is 0 Å². The number of anilines is 1. The molecule has 3 N–H and O–H groups in total. The Morgan fingerprint density at radius 3 is 2.79 bits per heavy atom. The first-order chi connectivity index (χ1) is 18.6. The lowest BCUT2D eigenvalue weighted by atomic mass is 9.86. The standard InChI is InChI=1S/C28H30N8O2/c1-36-15-10-28(11-16-36,27-32-25(34-35-27)19-7-13-29-14-8-19)33-21-5-2-4-20(18-21)26(37)31-22-9-17-38-23-6-3-12-30-24(22)23/h2-8,12-14,18,22,33H,9-11,15-17H2,1H3,(H,31,37)(H,32,34,35)/t22-/m0/s1. The van der Waals surface area contributed by atoms with E-state index in [1.807, 2.05) is 48.5 Å². The maximum Gasteiger partial charge on any atom is 0.251 e. The second-order valence-corrected chi connectivity index (χ2v) is 9.88. The van der Waals surface area contributed by atoms with Gasteiger partial charge in [0.25, 0.3) is 5.91 Å². The molecule has 0 aliphatic carbocycles. The lowest BCUT2D eigenvalue weighted by Gasteiger charge is -2.40. The predicted molar refractivity (Wildman–Crippen MR) is 143 cm³/mol. The fraction of sp³-hybridized carbons (Fsp3) is 0.321. The van der Waals surface area contributed by atoms with Crippen LogP contribution in [0.15, 0.2) is 67.1 Å². The number of aromatic nitrogens is 5. The number of nitrogens with one attached hydrogen (secondary N) is 3. The molecule has 6 rings (SSSR count). The summed E-state index contributed by atoms with van der Waals surface area (Å²) in [6.45, 7) is 2.37. The molecular formula is C28H30N8O2. The number of hydrogen-bond donors (Lipinski definition) is 3. The third kappa shape index (κ3) is 4.82. The molecule has 0 bridgehead atoms. The summed E-state index contributed by atoms with van der Waals surface area (Å²) in [7, 11) is 2.13. The predicted octanol–water partition coefficient (Wildman–Crippen LogP) is 3.55. The molecule has 2 aliphatic heterocycles. The molecule has 1 fully saturated rings. The van der Waals surface area contributed by atoms with Gasteiger partial charge in [0.1, 0.15) is 11.4 Å². The van der Waals surface area contributed by atoms with Crippen molar-refractivity contribution >= 4 is 11.6 Å². The first kappa shape index (κ1) is 24.1. The van der Waals surface area contributed by atoms with Crippen LogP contribution in [0.3, 0.4) is 0 Å². The van der Waals surface area contributed by atoms with Crippen LogP contribution in [0.2, 0.25) is 0 Å². The van der Waals surface area contributed by atoms with Crippen molar-refractivity contribution in [2.75, 3.05) is 32.1 Å². The number of carbonyl (C=O) groups is 1. The van der Waals surface area contributed by atoms with Gasteiger partial charge in [-0.1, -0.05) is 6.07 Å². The van der Waals surface area contributed by atoms with Gasteiger partial charge in [-0.25, -0.2) is 4.98 Å². The van der Waals surface area contributed by atoms with Gasteiger partial charge in [0.15, 0.2) is 11.6 Å². The molecule has 1 saturated heterocycles. The highest BCUT2D eigenvalue weighted by molar-refractivity contribution is 5.95. The molecule has 1 amide bonds. The molecule has 1 atom stereocenters. The first-order valence-corrected chi connectivity index (χ1v) is 12.9.